The number of fused-ring (bicyclic) bond motifs is 1. The second-order valence-corrected chi connectivity index (χ2v) is 6.56. The molecule has 138 valence electrons. The van der Waals surface area contributed by atoms with Gasteiger partial charge in [-0.1, -0.05) is 0 Å². The molecule has 1 aromatic carbocycles. The van der Waals surface area contributed by atoms with Gasteiger partial charge in [0.2, 0.25) is 0 Å². The molecule has 2 aliphatic heterocycles. The van der Waals surface area contributed by atoms with Crippen LogP contribution in [0.15, 0.2) is 24.3 Å². The number of nitrogens with zero attached hydrogens (tertiary/aromatic N) is 1. The van der Waals surface area contributed by atoms with Gasteiger partial charge < -0.3 is 15.2 Å². The molecule has 8 heteroatoms. The molecular weight excluding hydrogens is 337 g/mol. The van der Waals surface area contributed by atoms with Crippen molar-refractivity contribution in [3.63, 3.8) is 0 Å². The number of ether oxygens (including phenoxy) is 1. The third-order valence-electron chi connectivity index (χ3n) is 4.75. The van der Waals surface area contributed by atoms with Crippen molar-refractivity contribution in [2.75, 3.05) is 26.3 Å². The van der Waals surface area contributed by atoms with Gasteiger partial charge in [-0.2, -0.15) is 13.2 Å². The number of carbonyl (C=O) groups excluding carboxylic acids is 1. The first-order chi connectivity index (χ1) is 11.9. The van der Waals surface area contributed by atoms with Crippen LogP contribution in [0.25, 0.3) is 0 Å². The zero-order valence-corrected chi connectivity index (χ0v) is 13.6. The Balaban J connectivity index is 1.55. The van der Waals surface area contributed by atoms with Crippen molar-refractivity contribution in [2.45, 2.75) is 37.2 Å². The number of benzene rings is 1. The first kappa shape index (κ1) is 18.2. The summed E-state index contributed by atoms with van der Waals surface area (Å²) in [7, 11) is 0. The molecule has 0 unspecified atom stereocenters. The van der Waals surface area contributed by atoms with Crippen LogP contribution in [-0.4, -0.2) is 60.4 Å². The molecule has 0 spiro atoms. The lowest BCUT2D eigenvalue weighted by Gasteiger charge is -2.34. The second-order valence-electron chi connectivity index (χ2n) is 6.56. The average Bonchev–Trinajstić information content (AvgIpc) is 2.96. The number of aliphatic hydroxyl groups excluding tert-OH is 1. The Morgan fingerprint density at radius 3 is 2.64 bits per heavy atom. The molecule has 2 aliphatic rings. The molecule has 0 aromatic heterocycles. The molecule has 2 N–H and O–H groups in total. The SMILES string of the molecule is O=C(N[C@H]1C[C@H]2CO[C@@H](CCO)CN2C1)c1ccc(C(F)(F)F)cc1. The number of amides is 1. The summed E-state index contributed by atoms with van der Waals surface area (Å²) in [5.41, 5.74) is -0.554. The molecule has 1 aromatic rings. The van der Waals surface area contributed by atoms with Crippen LogP contribution in [-0.2, 0) is 10.9 Å². The van der Waals surface area contributed by atoms with Crippen LogP contribution >= 0.6 is 0 Å². The maximum Gasteiger partial charge on any atom is 0.416 e. The minimum Gasteiger partial charge on any atom is -0.396 e. The quantitative estimate of drug-likeness (QED) is 0.859. The Hall–Kier alpha value is -1.64. The Morgan fingerprint density at radius 1 is 1.28 bits per heavy atom. The topological polar surface area (TPSA) is 61.8 Å². The van der Waals surface area contributed by atoms with E-state index in [1.54, 1.807) is 0 Å². The minimum atomic E-state index is -4.41. The standard InChI is InChI=1S/C17H21F3N2O3/c18-17(19,20)12-3-1-11(2-4-12)16(24)21-13-7-14-10-25-15(5-6-23)9-22(14)8-13/h1-4,13-15,23H,5-10H2,(H,21,24)/t13-,14-,15-/m0/s1. The smallest absolute Gasteiger partial charge is 0.396 e. The van der Waals surface area contributed by atoms with E-state index in [0.717, 1.165) is 25.1 Å². The van der Waals surface area contributed by atoms with Gasteiger partial charge in [0.05, 0.1) is 18.3 Å². The van der Waals surface area contributed by atoms with E-state index in [4.69, 9.17) is 9.84 Å². The highest BCUT2D eigenvalue weighted by atomic mass is 19.4. The summed E-state index contributed by atoms with van der Waals surface area (Å²) in [4.78, 5) is 14.5. The molecule has 0 saturated carbocycles. The van der Waals surface area contributed by atoms with Gasteiger partial charge in [0, 0.05) is 37.3 Å². The van der Waals surface area contributed by atoms with Gasteiger partial charge >= 0.3 is 6.18 Å². The van der Waals surface area contributed by atoms with E-state index in [1.165, 1.54) is 12.1 Å². The second kappa shape index (κ2) is 7.31. The molecule has 2 heterocycles. The lowest BCUT2D eigenvalue weighted by Crippen LogP contribution is -2.46. The van der Waals surface area contributed by atoms with Crippen LogP contribution in [0.5, 0.6) is 0 Å². The molecule has 0 radical (unpaired) electrons. The molecule has 0 aliphatic carbocycles. The van der Waals surface area contributed by atoms with Gasteiger partial charge in [-0.15, -0.1) is 0 Å². The van der Waals surface area contributed by atoms with Gasteiger partial charge in [0.1, 0.15) is 0 Å². The van der Waals surface area contributed by atoms with Crippen molar-refractivity contribution in [2.24, 2.45) is 0 Å². The lowest BCUT2D eigenvalue weighted by molar-refractivity contribution is -0.137. The van der Waals surface area contributed by atoms with Crippen molar-refractivity contribution in [1.82, 2.24) is 10.2 Å². The van der Waals surface area contributed by atoms with Gasteiger partial charge in [-0.05, 0) is 37.1 Å². The van der Waals surface area contributed by atoms with E-state index >= 15 is 0 Å². The number of aliphatic hydroxyl groups is 1. The predicted molar refractivity (Wildman–Crippen MR) is 84.1 cm³/mol. The van der Waals surface area contributed by atoms with Crippen molar-refractivity contribution < 1.29 is 27.8 Å². The lowest BCUT2D eigenvalue weighted by atomic mass is 10.1. The molecule has 1 amide bonds. The number of hydrogen-bond acceptors (Lipinski definition) is 4. The van der Waals surface area contributed by atoms with E-state index in [1.807, 2.05) is 0 Å². The third kappa shape index (κ3) is 4.31. The molecular formula is C17H21F3N2O3. The first-order valence-electron chi connectivity index (χ1n) is 8.31. The van der Waals surface area contributed by atoms with Crippen molar-refractivity contribution in [1.29, 1.82) is 0 Å². The molecule has 0 bridgehead atoms. The van der Waals surface area contributed by atoms with Crippen LogP contribution in [0.1, 0.15) is 28.8 Å². The van der Waals surface area contributed by atoms with Crippen LogP contribution < -0.4 is 5.32 Å². The predicted octanol–water partition coefficient (Wildman–Crippen LogP) is 1.66. The number of alkyl halides is 3. The summed E-state index contributed by atoms with van der Waals surface area (Å²) < 4.78 is 43.4. The normalized spacial score (nSPS) is 27.1. The molecule has 2 saturated heterocycles. The summed E-state index contributed by atoms with van der Waals surface area (Å²) in [6, 6.07) is 4.39. The highest BCUT2D eigenvalue weighted by Gasteiger charge is 2.37. The monoisotopic (exact) mass is 358 g/mol. The van der Waals surface area contributed by atoms with Gasteiger partial charge in [-0.25, -0.2) is 0 Å². The van der Waals surface area contributed by atoms with E-state index < -0.39 is 11.7 Å². The summed E-state index contributed by atoms with van der Waals surface area (Å²) in [5, 5.41) is 11.9. The number of morpholine rings is 1. The average molecular weight is 358 g/mol. The Kier molecular flexibility index (Phi) is 5.31. The number of nitrogens with one attached hydrogen (secondary N) is 1. The summed E-state index contributed by atoms with van der Waals surface area (Å²) in [6.07, 6.45) is -3.07. The third-order valence-corrected chi connectivity index (χ3v) is 4.75. The highest BCUT2D eigenvalue weighted by molar-refractivity contribution is 5.94. The zero-order valence-electron chi connectivity index (χ0n) is 13.6. The van der Waals surface area contributed by atoms with Crippen molar-refractivity contribution in [3.8, 4) is 0 Å². The Morgan fingerprint density at radius 2 is 2.00 bits per heavy atom. The largest absolute Gasteiger partial charge is 0.416 e. The molecule has 3 atom stereocenters. The fourth-order valence-electron chi connectivity index (χ4n) is 3.45. The fraction of sp³-hybridized carbons (Fsp3) is 0.588. The molecule has 3 rings (SSSR count). The van der Waals surface area contributed by atoms with Gasteiger partial charge in [0.25, 0.3) is 5.91 Å². The van der Waals surface area contributed by atoms with E-state index in [0.29, 0.717) is 19.6 Å². The summed E-state index contributed by atoms with van der Waals surface area (Å²) >= 11 is 0. The first-order valence-corrected chi connectivity index (χ1v) is 8.31. The van der Waals surface area contributed by atoms with Crippen LogP contribution in [0.2, 0.25) is 0 Å². The number of rotatable bonds is 4. The van der Waals surface area contributed by atoms with Crippen LogP contribution in [0.3, 0.4) is 0 Å². The van der Waals surface area contributed by atoms with Gasteiger partial charge in [-0.3, -0.25) is 9.69 Å². The van der Waals surface area contributed by atoms with Crippen LogP contribution in [0, 0.1) is 0 Å². The Bertz CT molecular complexity index is 606. The molecule has 25 heavy (non-hydrogen) atoms. The Labute approximate surface area is 143 Å². The molecule has 2 fully saturated rings. The molecule has 5 nitrogen and oxygen atoms in total. The van der Waals surface area contributed by atoms with Crippen molar-refractivity contribution >= 4 is 5.91 Å². The fourth-order valence-corrected chi connectivity index (χ4v) is 3.45. The maximum absolute atomic E-state index is 12.6. The maximum atomic E-state index is 12.6. The van der Waals surface area contributed by atoms with E-state index in [2.05, 4.69) is 10.2 Å². The number of carbonyl (C=O) groups is 1. The highest BCUT2D eigenvalue weighted by Crippen LogP contribution is 2.29. The van der Waals surface area contributed by atoms with Crippen molar-refractivity contribution in [3.05, 3.63) is 35.4 Å². The minimum absolute atomic E-state index is 0.00520. The van der Waals surface area contributed by atoms with E-state index in [-0.39, 0.29) is 36.3 Å². The number of halogens is 3. The number of hydrogen-bond donors (Lipinski definition) is 2. The van der Waals surface area contributed by atoms with E-state index in [9.17, 15) is 18.0 Å². The van der Waals surface area contributed by atoms with Crippen LogP contribution in [0.4, 0.5) is 13.2 Å². The zero-order chi connectivity index (χ0) is 18.0. The summed E-state index contributed by atoms with van der Waals surface area (Å²) in [5.74, 6) is -0.369. The summed E-state index contributed by atoms with van der Waals surface area (Å²) in [6.45, 7) is 2.05. The van der Waals surface area contributed by atoms with Gasteiger partial charge in [0.15, 0.2) is 0 Å².